The number of methoxy groups -OCH3 is 1. The fourth-order valence-corrected chi connectivity index (χ4v) is 2.39. The molecule has 1 aliphatic carbocycles. The summed E-state index contributed by atoms with van der Waals surface area (Å²) in [5.41, 5.74) is 3.06. The minimum Gasteiger partial charge on any atom is -0.384 e. The Kier molecular flexibility index (Phi) is 3.97. The van der Waals surface area contributed by atoms with Crippen LogP contribution in [0.5, 0.6) is 0 Å². The summed E-state index contributed by atoms with van der Waals surface area (Å²) >= 11 is 0. The van der Waals surface area contributed by atoms with Gasteiger partial charge in [0, 0.05) is 26.2 Å². The molecule has 0 saturated carbocycles. The Morgan fingerprint density at radius 1 is 1.44 bits per heavy atom. The van der Waals surface area contributed by atoms with Gasteiger partial charge < -0.3 is 10.1 Å². The third-order valence-electron chi connectivity index (χ3n) is 3.30. The highest BCUT2D eigenvalue weighted by Gasteiger charge is 2.24. The van der Waals surface area contributed by atoms with E-state index < -0.39 is 0 Å². The van der Waals surface area contributed by atoms with Crippen LogP contribution >= 0.6 is 0 Å². The molecule has 0 saturated heterocycles. The first-order valence-electron chi connectivity index (χ1n) is 6.08. The van der Waals surface area contributed by atoms with Crippen LogP contribution in [0.25, 0.3) is 0 Å². The van der Waals surface area contributed by atoms with E-state index >= 15 is 0 Å². The maximum Gasteiger partial charge on any atom is 0.0499 e. The molecule has 0 aromatic heterocycles. The lowest BCUT2D eigenvalue weighted by atomic mass is 9.77. The van der Waals surface area contributed by atoms with Crippen LogP contribution in [0.15, 0.2) is 24.3 Å². The Bertz CT molecular complexity index is 337. The summed E-state index contributed by atoms with van der Waals surface area (Å²) in [6.45, 7) is 5.21. The molecule has 1 aromatic rings. The van der Waals surface area contributed by atoms with Crippen molar-refractivity contribution < 1.29 is 4.74 Å². The van der Waals surface area contributed by atoms with Crippen LogP contribution in [0, 0.1) is 5.92 Å². The van der Waals surface area contributed by atoms with Gasteiger partial charge in [0.05, 0.1) is 0 Å². The maximum atomic E-state index is 5.12. The summed E-state index contributed by atoms with van der Waals surface area (Å²) in [7, 11) is 1.76. The normalized spacial score (nSPS) is 20.0. The Labute approximate surface area is 98.0 Å². The molecule has 1 aliphatic rings. The minimum absolute atomic E-state index is 0.598. The fourth-order valence-electron chi connectivity index (χ4n) is 2.39. The highest BCUT2D eigenvalue weighted by molar-refractivity contribution is 5.40. The van der Waals surface area contributed by atoms with Gasteiger partial charge in [0.15, 0.2) is 0 Å². The number of ether oxygens (including phenoxy) is 1. The van der Waals surface area contributed by atoms with E-state index in [0.717, 1.165) is 25.6 Å². The Balaban J connectivity index is 1.70. The van der Waals surface area contributed by atoms with E-state index in [1.54, 1.807) is 7.11 Å². The summed E-state index contributed by atoms with van der Waals surface area (Å²) in [6.07, 6.45) is 1.24. The van der Waals surface area contributed by atoms with Crippen LogP contribution in [0.4, 0.5) is 0 Å². The summed E-state index contributed by atoms with van der Waals surface area (Å²) in [5.74, 6) is 1.33. The lowest BCUT2D eigenvalue weighted by molar-refractivity contribution is 0.158. The van der Waals surface area contributed by atoms with E-state index in [2.05, 4.69) is 36.5 Å². The first kappa shape index (κ1) is 11.6. The van der Waals surface area contributed by atoms with Crippen molar-refractivity contribution in [3.8, 4) is 0 Å². The van der Waals surface area contributed by atoms with Gasteiger partial charge in [0.2, 0.25) is 0 Å². The molecule has 2 rings (SSSR count). The molecule has 2 atom stereocenters. The zero-order valence-corrected chi connectivity index (χ0v) is 10.2. The molecule has 0 bridgehead atoms. The molecule has 1 N–H and O–H groups in total. The summed E-state index contributed by atoms with van der Waals surface area (Å²) in [4.78, 5) is 0. The fraction of sp³-hybridized carbons (Fsp3) is 0.571. The quantitative estimate of drug-likeness (QED) is 0.792. The molecule has 0 amide bonds. The van der Waals surface area contributed by atoms with E-state index in [9.17, 15) is 0 Å². The van der Waals surface area contributed by atoms with Crippen LogP contribution < -0.4 is 5.32 Å². The van der Waals surface area contributed by atoms with Crippen molar-refractivity contribution in [1.82, 2.24) is 5.32 Å². The number of hydrogen-bond acceptors (Lipinski definition) is 2. The molecule has 0 fully saturated rings. The average molecular weight is 219 g/mol. The summed E-state index contributed by atoms with van der Waals surface area (Å²) in [5, 5.41) is 3.53. The molecule has 1 aromatic carbocycles. The van der Waals surface area contributed by atoms with Crippen LogP contribution in [-0.2, 0) is 11.2 Å². The van der Waals surface area contributed by atoms with E-state index in [-0.39, 0.29) is 0 Å². The third kappa shape index (κ3) is 2.63. The van der Waals surface area contributed by atoms with Crippen molar-refractivity contribution in [3.63, 3.8) is 0 Å². The zero-order chi connectivity index (χ0) is 11.4. The molecule has 88 valence electrons. The first-order valence-corrected chi connectivity index (χ1v) is 6.08. The summed E-state index contributed by atoms with van der Waals surface area (Å²) in [6, 6.07) is 8.75. The number of nitrogens with one attached hydrogen (secondary N) is 1. The van der Waals surface area contributed by atoms with Crippen LogP contribution in [0.2, 0.25) is 0 Å². The van der Waals surface area contributed by atoms with Crippen LogP contribution in [-0.4, -0.2) is 26.8 Å². The van der Waals surface area contributed by atoms with Gasteiger partial charge in [-0.2, -0.15) is 0 Å². The number of benzene rings is 1. The van der Waals surface area contributed by atoms with Crippen molar-refractivity contribution in [2.75, 3.05) is 26.8 Å². The minimum atomic E-state index is 0.598. The van der Waals surface area contributed by atoms with E-state index in [1.807, 2.05) is 0 Å². The molecule has 2 nitrogen and oxygen atoms in total. The monoisotopic (exact) mass is 219 g/mol. The second kappa shape index (κ2) is 5.46. The molecule has 0 spiro atoms. The van der Waals surface area contributed by atoms with E-state index in [4.69, 9.17) is 4.74 Å². The number of hydrogen-bond donors (Lipinski definition) is 1. The van der Waals surface area contributed by atoms with Crippen molar-refractivity contribution >= 4 is 0 Å². The van der Waals surface area contributed by atoms with Crippen molar-refractivity contribution in [2.45, 2.75) is 19.3 Å². The number of rotatable bonds is 6. The Hall–Kier alpha value is -0.860. The predicted octanol–water partition coefficient (Wildman–Crippen LogP) is 2.20. The molecule has 0 aliphatic heterocycles. The van der Waals surface area contributed by atoms with Gasteiger partial charge in [-0.05, 0) is 30.0 Å². The zero-order valence-electron chi connectivity index (χ0n) is 10.2. The molecule has 16 heavy (non-hydrogen) atoms. The standard InChI is InChI=1S/C14H21NO/c1-11(10-16-2)8-15-9-13-7-12-5-3-4-6-14(12)13/h3-6,11,13,15H,7-10H2,1-2H3. The van der Waals surface area contributed by atoms with Crippen molar-refractivity contribution in [1.29, 1.82) is 0 Å². The molecule has 0 heterocycles. The van der Waals surface area contributed by atoms with Crippen LogP contribution in [0.1, 0.15) is 24.0 Å². The van der Waals surface area contributed by atoms with Gasteiger partial charge in [-0.25, -0.2) is 0 Å². The second-order valence-corrected chi connectivity index (χ2v) is 4.82. The lowest BCUT2D eigenvalue weighted by Crippen LogP contribution is -2.32. The number of fused-ring (bicyclic) bond motifs is 1. The van der Waals surface area contributed by atoms with Gasteiger partial charge >= 0.3 is 0 Å². The molecular weight excluding hydrogens is 198 g/mol. The van der Waals surface area contributed by atoms with E-state index in [1.165, 1.54) is 17.5 Å². The van der Waals surface area contributed by atoms with Gasteiger partial charge in [-0.15, -0.1) is 0 Å². The Morgan fingerprint density at radius 2 is 2.25 bits per heavy atom. The highest BCUT2D eigenvalue weighted by atomic mass is 16.5. The first-order chi connectivity index (χ1) is 7.81. The van der Waals surface area contributed by atoms with Crippen molar-refractivity contribution in [2.24, 2.45) is 5.92 Å². The lowest BCUT2D eigenvalue weighted by Gasteiger charge is -2.30. The van der Waals surface area contributed by atoms with Gasteiger partial charge in [0.1, 0.15) is 0 Å². The topological polar surface area (TPSA) is 21.3 Å². The maximum absolute atomic E-state index is 5.12. The van der Waals surface area contributed by atoms with Gasteiger partial charge in [-0.1, -0.05) is 31.2 Å². The largest absolute Gasteiger partial charge is 0.384 e. The van der Waals surface area contributed by atoms with E-state index in [0.29, 0.717) is 5.92 Å². The average Bonchev–Trinajstić information content (AvgIpc) is 2.25. The van der Waals surface area contributed by atoms with Crippen LogP contribution in [0.3, 0.4) is 0 Å². The molecule has 2 unspecified atom stereocenters. The summed E-state index contributed by atoms with van der Waals surface area (Å²) < 4.78 is 5.12. The second-order valence-electron chi connectivity index (χ2n) is 4.82. The molecular formula is C14H21NO. The van der Waals surface area contributed by atoms with Crippen molar-refractivity contribution in [3.05, 3.63) is 35.4 Å². The Morgan fingerprint density at radius 3 is 3.00 bits per heavy atom. The third-order valence-corrected chi connectivity index (χ3v) is 3.30. The molecule has 0 radical (unpaired) electrons. The predicted molar refractivity (Wildman–Crippen MR) is 66.8 cm³/mol. The highest BCUT2D eigenvalue weighted by Crippen LogP contribution is 2.33. The smallest absolute Gasteiger partial charge is 0.0499 e. The molecule has 2 heteroatoms. The van der Waals surface area contributed by atoms with Gasteiger partial charge in [-0.3, -0.25) is 0 Å². The van der Waals surface area contributed by atoms with Gasteiger partial charge in [0.25, 0.3) is 0 Å². The SMILES string of the molecule is COCC(C)CNCC1Cc2ccccc21.